The Morgan fingerprint density at radius 2 is 2.50 bits per heavy atom. The number of aromatic nitrogens is 1. The summed E-state index contributed by atoms with van der Waals surface area (Å²) < 4.78 is 0. The molecule has 1 heterocycles. The van der Waals surface area contributed by atoms with Gasteiger partial charge in [0.2, 0.25) is 5.96 Å². The molecule has 1 aromatic rings. The first-order valence-corrected chi connectivity index (χ1v) is 6.10. The van der Waals surface area contributed by atoms with Crippen molar-refractivity contribution in [3.05, 3.63) is 16.6 Å². The van der Waals surface area contributed by atoms with Crippen molar-refractivity contribution in [3.63, 3.8) is 0 Å². The number of nitrogens with one attached hydrogen (secondary N) is 1. The van der Waals surface area contributed by atoms with Gasteiger partial charge in [-0.25, -0.2) is 4.98 Å². The van der Waals surface area contributed by atoms with Gasteiger partial charge >= 0.3 is 0 Å². The third kappa shape index (κ3) is 4.93. The van der Waals surface area contributed by atoms with E-state index in [1.807, 2.05) is 11.6 Å². The van der Waals surface area contributed by atoms with E-state index < -0.39 is 0 Å². The molecule has 0 radical (unpaired) electrons. The van der Waals surface area contributed by atoms with E-state index in [9.17, 15) is 0 Å². The lowest BCUT2D eigenvalue weighted by Crippen LogP contribution is -2.27. The summed E-state index contributed by atoms with van der Waals surface area (Å²) in [6.07, 6.45) is 1.82. The van der Waals surface area contributed by atoms with Crippen LogP contribution in [-0.4, -0.2) is 23.2 Å². The van der Waals surface area contributed by atoms with Crippen molar-refractivity contribution in [2.75, 3.05) is 12.3 Å². The molecule has 0 unspecified atom stereocenters. The van der Waals surface area contributed by atoms with Crippen LogP contribution in [0.15, 0.2) is 16.7 Å². The highest BCUT2D eigenvalue weighted by Gasteiger charge is 1.94. The molecule has 0 bridgehead atoms. The Bertz CT molecular complexity index is 268. The molecule has 0 atom stereocenters. The van der Waals surface area contributed by atoms with E-state index in [-0.39, 0.29) is 5.96 Å². The van der Waals surface area contributed by atoms with Crippen LogP contribution in [0.5, 0.6) is 0 Å². The number of nitrogens with two attached hydrogens (primary N) is 2. The van der Waals surface area contributed by atoms with Crippen molar-refractivity contribution in [2.45, 2.75) is 5.75 Å². The molecule has 0 aromatic carbocycles. The highest BCUT2D eigenvalue weighted by Crippen LogP contribution is 2.13. The van der Waals surface area contributed by atoms with Crippen molar-refractivity contribution < 1.29 is 0 Å². The molecule has 5 nitrogen and oxygen atoms in total. The zero-order chi connectivity index (χ0) is 10.2. The molecule has 0 amide bonds. The van der Waals surface area contributed by atoms with Crippen molar-refractivity contribution in [3.8, 4) is 0 Å². The Morgan fingerprint density at radius 1 is 1.64 bits per heavy atom. The van der Waals surface area contributed by atoms with E-state index >= 15 is 0 Å². The number of hydrazone groups is 1. The summed E-state index contributed by atoms with van der Waals surface area (Å²) in [5.41, 5.74) is 13.0. The molecular weight excluding hydrogens is 218 g/mol. The molecule has 78 valence electrons. The van der Waals surface area contributed by atoms with Gasteiger partial charge in [0.25, 0.3) is 0 Å². The average molecular weight is 231 g/mol. The maximum absolute atomic E-state index is 5.13. The van der Waals surface area contributed by atoms with Gasteiger partial charge in [-0.15, -0.1) is 16.4 Å². The quantitative estimate of drug-likeness (QED) is 0.281. The van der Waals surface area contributed by atoms with Gasteiger partial charge in [-0.2, -0.15) is 11.8 Å². The van der Waals surface area contributed by atoms with E-state index in [1.54, 1.807) is 23.1 Å². The summed E-state index contributed by atoms with van der Waals surface area (Å²) >= 11 is 3.47. The Balaban J connectivity index is 1.98. The molecule has 0 aliphatic carbocycles. The van der Waals surface area contributed by atoms with Crippen LogP contribution in [-0.2, 0) is 5.75 Å². The van der Waals surface area contributed by atoms with Gasteiger partial charge in [-0.3, -0.25) is 0 Å². The third-order valence-electron chi connectivity index (χ3n) is 1.28. The summed E-state index contributed by atoms with van der Waals surface area (Å²) in [5, 5.41) is 6.78. The Hall–Kier alpha value is -0.950. The summed E-state index contributed by atoms with van der Waals surface area (Å²) in [5.74, 6) is 1.97. The molecule has 0 aliphatic rings. The predicted octanol–water partition coefficient (Wildman–Crippen LogP) is 0.154. The van der Waals surface area contributed by atoms with Gasteiger partial charge in [0.1, 0.15) is 5.01 Å². The summed E-state index contributed by atoms with van der Waals surface area (Å²) in [7, 11) is 0. The fraction of sp³-hybridized carbons (Fsp3) is 0.429. The number of rotatable bonds is 6. The topological polar surface area (TPSA) is 89.3 Å². The molecule has 0 fully saturated rings. The number of thiazole rings is 1. The Labute approximate surface area is 91.0 Å². The van der Waals surface area contributed by atoms with Gasteiger partial charge in [-0.05, 0) is 0 Å². The van der Waals surface area contributed by atoms with E-state index in [4.69, 9.17) is 11.5 Å². The second kappa shape index (κ2) is 6.50. The minimum Gasteiger partial charge on any atom is -0.369 e. The first kappa shape index (κ1) is 11.1. The lowest BCUT2D eigenvalue weighted by Gasteiger charge is -1.99. The zero-order valence-corrected chi connectivity index (χ0v) is 9.27. The second-order valence-corrected chi connectivity index (χ2v) is 4.51. The first-order valence-electron chi connectivity index (χ1n) is 4.06. The van der Waals surface area contributed by atoms with Crippen molar-refractivity contribution in [1.82, 2.24) is 10.4 Å². The molecule has 0 saturated heterocycles. The van der Waals surface area contributed by atoms with E-state index in [1.165, 1.54) is 0 Å². The molecule has 5 N–H and O–H groups in total. The van der Waals surface area contributed by atoms with Crippen molar-refractivity contribution in [2.24, 2.45) is 16.6 Å². The smallest absolute Gasteiger partial charge is 0.208 e. The van der Waals surface area contributed by atoms with E-state index in [0.717, 1.165) is 23.1 Å². The van der Waals surface area contributed by atoms with Gasteiger partial charge in [-0.1, -0.05) is 0 Å². The van der Waals surface area contributed by atoms with Gasteiger partial charge in [0.05, 0.1) is 0 Å². The van der Waals surface area contributed by atoms with Crippen LogP contribution in [0.1, 0.15) is 5.01 Å². The molecule has 0 saturated carbocycles. The molecule has 1 rings (SSSR count). The van der Waals surface area contributed by atoms with Crippen LogP contribution in [0.3, 0.4) is 0 Å². The fourth-order valence-corrected chi connectivity index (χ4v) is 2.30. The van der Waals surface area contributed by atoms with Crippen LogP contribution in [0.25, 0.3) is 0 Å². The minimum absolute atomic E-state index is 0.0647. The van der Waals surface area contributed by atoms with Crippen LogP contribution >= 0.6 is 23.1 Å². The Morgan fingerprint density at radius 3 is 3.14 bits per heavy atom. The maximum atomic E-state index is 5.13. The zero-order valence-electron chi connectivity index (χ0n) is 7.64. The SMILES string of the molecule is NC(N)=NNCCSCc1nccs1. The van der Waals surface area contributed by atoms with Gasteiger partial charge in [0, 0.05) is 29.6 Å². The first-order chi connectivity index (χ1) is 6.79. The van der Waals surface area contributed by atoms with Crippen LogP contribution < -0.4 is 16.9 Å². The van der Waals surface area contributed by atoms with Crippen LogP contribution in [0.4, 0.5) is 0 Å². The lowest BCUT2D eigenvalue weighted by molar-refractivity contribution is 0.785. The molecule has 0 aliphatic heterocycles. The largest absolute Gasteiger partial charge is 0.369 e. The summed E-state index contributed by atoms with van der Waals surface area (Å²) in [6.45, 7) is 0.758. The number of nitrogens with zero attached hydrogens (tertiary/aromatic N) is 2. The van der Waals surface area contributed by atoms with Gasteiger partial charge < -0.3 is 16.9 Å². The summed E-state index contributed by atoms with van der Waals surface area (Å²) in [4.78, 5) is 4.17. The van der Waals surface area contributed by atoms with Crippen molar-refractivity contribution in [1.29, 1.82) is 0 Å². The average Bonchev–Trinajstić information content (AvgIpc) is 2.63. The minimum atomic E-state index is 0.0647. The lowest BCUT2D eigenvalue weighted by atomic mass is 10.8. The number of guanidine groups is 1. The third-order valence-corrected chi connectivity index (χ3v) is 3.21. The summed E-state index contributed by atoms with van der Waals surface area (Å²) in [6, 6.07) is 0. The maximum Gasteiger partial charge on any atom is 0.208 e. The monoisotopic (exact) mass is 231 g/mol. The Kier molecular flexibility index (Phi) is 5.16. The normalized spacial score (nSPS) is 9.71. The number of thioether (sulfide) groups is 1. The molecule has 14 heavy (non-hydrogen) atoms. The highest BCUT2D eigenvalue weighted by molar-refractivity contribution is 7.98. The van der Waals surface area contributed by atoms with Crippen LogP contribution in [0.2, 0.25) is 0 Å². The van der Waals surface area contributed by atoms with Gasteiger partial charge in [0.15, 0.2) is 0 Å². The molecular formula is C7H13N5S2. The number of hydrogen-bond acceptors (Lipinski definition) is 5. The van der Waals surface area contributed by atoms with E-state index in [2.05, 4.69) is 15.5 Å². The predicted molar refractivity (Wildman–Crippen MR) is 62.1 cm³/mol. The number of hydrogen-bond donors (Lipinski definition) is 3. The standard InChI is InChI=1S/C7H13N5S2/c8-7(9)12-11-2-3-13-5-6-10-1-4-14-6/h1,4,11H,2-3,5H2,(H4,8,9,12). The van der Waals surface area contributed by atoms with E-state index in [0.29, 0.717) is 0 Å². The molecule has 1 aromatic heterocycles. The fourth-order valence-electron chi connectivity index (χ4n) is 0.749. The highest BCUT2D eigenvalue weighted by atomic mass is 32.2. The molecule has 7 heteroatoms. The second-order valence-electron chi connectivity index (χ2n) is 2.42. The molecule has 0 spiro atoms. The van der Waals surface area contributed by atoms with Crippen molar-refractivity contribution >= 4 is 29.1 Å². The van der Waals surface area contributed by atoms with Crippen LogP contribution in [0, 0.1) is 0 Å².